The molecule has 0 unspecified atom stereocenters. The highest BCUT2D eigenvalue weighted by atomic mass is 16.3. The van der Waals surface area contributed by atoms with E-state index >= 15 is 0 Å². The lowest BCUT2D eigenvalue weighted by molar-refractivity contribution is 0.0708. The van der Waals surface area contributed by atoms with Crippen LogP contribution in [0.3, 0.4) is 0 Å². The molecule has 1 aliphatic rings. The van der Waals surface area contributed by atoms with Gasteiger partial charge in [0.05, 0.1) is 5.56 Å². The summed E-state index contributed by atoms with van der Waals surface area (Å²) in [6.45, 7) is 4.05. The molecule has 1 aromatic carbocycles. The van der Waals surface area contributed by atoms with Crippen LogP contribution in [-0.4, -0.2) is 42.0 Å². The first-order valence-electron chi connectivity index (χ1n) is 10.6. The Morgan fingerprint density at radius 3 is 2.62 bits per heavy atom. The second kappa shape index (κ2) is 8.68. The molecule has 4 rings (SSSR count). The van der Waals surface area contributed by atoms with Gasteiger partial charge in [0, 0.05) is 56.1 Å². The Kier molecular flexibility index (Phi) is 5.84. The summed E-state index contributed by atoms with van der Waals surface area (Å²) in [5.41, 5.74) is 2.77. The summed E-state index contributed by atoms with van der Waals surface area (Å²) in [6.07, 6.45) is 8.50. The maximum atomic E-state index is 13.5. The summed E-state index contributed by atoms with van der Waals surface area (Å²) in [5.74, 6) is 0.919. The Morgan fingerprint density at radius 2 is 1.90 bits per heavy atom. The Hall–Kier alpha value is -2.82. The normalized spacial score (nSPS) is 15.0. The van der Waals surface area contributed by atoms with Gasteiger partial charge in [0.15, 0.2) is 0 Å². The van der Waals surface area contributed by atoms with Crippen LogP contribution in [-0.2, 0) is 6.42 Å². The number of rotatable bonds is 6. The van der Waals surface area contributed by atoms with Crippen LogP contribution in [0.2, 0.25) is 0 Å². The molecule has 1 amide bonds. The Balaban J connectivity index is 1.51. The molecule has 3 heterocycles. The molecule has 3 aromatic rings. The first kappa shape index (κ1) is 19.5. The number of furan rings is 1. The summed E-state index contributed by atoms with van der Waals surface area (Å²) in [4.78, 5) is 21.9. The zero-order valence-corrected chi connectivity index (χ0v) is 17.3. The average Bonchev–Trinajstić information content (AvgIpc) is 3.15. The topological polar surface area (TPSA) is 49.6 Å². The number of carbonyl (C=O) groups is 1. The van der Waals surface area contributed by atoms with E-state index < -0.39 is 0 Å². The lowest BCUT2D eigenvalue weighted by Gasteiger charge is -2.37. The lowest BCUT2D eigenvalue weighted by atomic mass is 10.0. The summed E-state index contributed by atoms with van der Waals surface area (Å²) in [7, 11) is 1.94. The van der Waals surface area contributed by atoms with Crippen molar-refractivity contribution in [2.24, 2.45) is 0 Å². The van der Waals surface area contributed by atoms with Crippen molar-refractivity contribution in [2.45, 2.75) is 45.1 Å². The van der Waals surface area contributed by atoms with Gasteiger partial charge in [0.25, 0.3) is 5.91 Å². The van der Waals surface area contributed by atoms with Crippen LogP contribution < -0.4 is 4.90 Å². The lowest BCUT2D eigenvalue weighted by Crippen LogP contribution is -2.45. The third-order valence-corrected chi connectivity index (χ3v) is 6.00. The van der Waals surface area contributed by atoms with Crippen LogP contribution in [0.15, 0.2) is 53.2 Å². The third-order valence-electron chi connectivity index (χ3n) is 6.00. The molecule has 1 saturated heterocycles. The van der Waals surface area contributed by atoms with Crippen LogP contribution in [0.4, 0.5) is 5.69 Å². The number of piperidine rings is 1. The van der Waals surface area contributed by atoms with Gasteiger partial charge >= 0.3 is 0 Å². The van der Waals surface area contributed by atoms with Crippen LogP contribution in [0.25, 0.3) is 11.0 Å². The van der Waals surface area contributed by atoms with Gasteiger partial charge in [-0.1, -0.05) is 31.5 Å². The summed E-state index contributed by atoms with van der Waals surface area (Å²) in [5, 5.41) is 0.935. The Labute approximate surface area is 172 Å². The molecule has 29 heavy (non-hydrogen) atoms. The molecule has 1 aliphatic heterocycles. The molecular weight excluding hydrogens is 362 g/mol. The number of nitrogens with zero attached hydrogens (tertiary/aromatic N) is 3. The molecule has 0 radical (unpaired) electrons. The molecule has 5 heteroatoms. The predicted molar refractivity (Wildman–Crippen MR) is 116 cm³/mol. The zero-order valence-electron chi connectivity index (χ0n) is 17.3. The van der Waals surface area contributed by atoms with E-state index in [1.807, 2.05) is 60.7 Å². The van der Waals surface area contributed by atoms with Crippen LogP contribution in [0.5, 0.6) is 0 Å². The van der Waals surface area contributed by atoms with E-state index in [4.69, 9.17) is 4.42 Å². The number of hydrogen-bond acceptors (Lipinski definition) is 4. The van der Waals surface area contributed by atoms with Gasteiger partial charge < -0.3 is 14.2 Å². The molecule has 0 atom stereocenters. The number of anilines is 1. The minimum Gasteiger partial charge on any atom is -0.460 e. The molecule has 0 aliphatic carbocycles. The fraction of sp³-hybridized carbons (Fsp3) is 0.417. The van der Waals surface area contributed by atoms with Crippen molar-refractivity contribution in [1.82, 2.24) is 9.88 Å². The highest BCUT2D eigenvalue weighted by molar-refractivity contribution is 6.07. The van der Waals surface area contributed by atoms with Crippen molar-refractivity contribution in [3.05, 3.63) is 60.1 Å². The van der Waals surface area contributed by atoms with Gasteiger partial charge in [-0.3, -0.25) is 9.78 Å². The first-order chi connectivity index (χ1) is 14.2. The number of unbranched alkanes of at least 4 members (excludes halogenated alkanes) is 1. The maximum absolute atomic E-state index is 13.5. The van der Waals surface area contributed by atoms with Gasteiger partial charge in [-0.2, -0.15) is 0 Å². The second-order valence-corrected chi connectivity index (χ2v) is 7.84. The van der Waals surface area contributed by atoms with E-state index in [0.29, 0.717) is 0 Å². The molecule has 1 fully saturated rings. The summed E-state index contributed by atoms with van der Waals surface area (Å²) < 4.78 is 6.07. The number of pyridine rings is 1. The number of fused-ring (bicyclic) bond motifs is 1. The van der Waals surface area contributed by atoms with E-state index in [1.54, 1.807) is 0 Å². The van der Waals surface area contributed by atoms with E-state index in [9.17, 15) is 4.79 Å². The minimum absolute atomic E-state index is 0.0865. The van der Waals surface area contributed by atoms with Crippen molar-refractivity contribution in [1.29, 1.82) is 0 Å². The first-order valence-corrected chi connectivity index (χ1v) is 10.6. The van der Waals surface area contributed by atoms with E-state index in [2.05, 4.69) is 16.8 Å². The monoisotopic (exact) mass is 391 g/mol. The number of carbonyl (C=O) groups excluding carboxylic acids is 1. The molecule has 0 N–H and O–H groups in total. The van der Waals surface area contributed by atoms with Crippen molar-refractivity contribution in [2.75, 3.05) is 25.0 Å². The standard InChI is InChI=1S/C24H29N3O2/c1-3-4-8-22-23(20-7-5-6-9-21(20)29-22)24(28)26(2)18-12-16-27(17-13-18)19-10-14-25-15-11-19/h5-7,9-11,14-15,18H,3-4,8,12-13,16-17H2,1-2H3. The van der Waals surface area contributed by atoms with Crippen LogP contribution in [0, 0.1) is 0 Å². The van der Waals surface area contributed by atoms with Crippen molar-refractivity contribution in [3.63, 3.8) is 0 Å². The minimum atomic E-state index is 0.0865. The molecule has 5 nitrogen and oxygen atoms in total. The number of benzene rings is 1. The predicted octanol–water partition coefficient (Wildman–Crippen LogP) is 4.91. The number of aromatic nitrogens is 1. The number of hydrogen-bond donors (Lipinski definition) is 0. The molecule has 0 spiro atoms. The van der Waals surface area contributed by atoms with Crippen LogP contribution >= 0.6 is 0 Å². The SMILES string of the molecule is CCCCc1oc2ccccc2c1C(=O)N(C)C1CCN(c2ccncc2)CC1. The molecule has 152 valence electrons. The average molecular weight is 392 g/mol. The fourth-order valence-corrected chi connectivity index (χ4v) is 4.25. The van der Waals surface area contributed by atoms with Crippen LogP contribution in [0.1, 0.15) is 48.7 Å². The van der Waals surface area contributed by atoms with E-state index in [1.165, 1.54) is 5.69 Å². The smallest absolute Gasteiger partial charge is 0.258 e. The van der Waals surface area contributed by atoms with Crippen molar-refractivity contribution >= 4 is 22.6 Å². The largest absolute Gasteiger partial charge is 0.460 e. The fourth-order valence-electron chi connectivity index (χ4n) is 4.25. The quantitative estimate of drug-likeness (QED) is 0.599. The number of aryl methyl sites for hydroxylation is 1. The Morgan fingerprint density at radius 1 is 1.17 bits per heavy atom. The second-order valence-electron chi connectivity index (χ2n) is 7.84. The van der Waals surface area contributed by atoms with E-state index in [-0.39, 0.29) is 11.9 Å². The summed E-state index contributed by atoms with van der Waals surface area (Å²) >= 11 is 0. The van der Waals surface area contributed by atoms with Gasteiger partial charge in [0.2, 0.25) is 0 Å². The van der Waals surface area contributed by atoms with Gasteiger partial charge in [0.1, 0.15) is 11.3 Å². The van der Waals surface area contributed by atoms with E-state index in [0.717, 1.165) is 67.5 Å². The third kappa shape index (κ3) is 4.00. The molecule has 0 bridgehead atoms. The van der Waals surface area contributed by atoms with Crippen molar-refractivity contribution in [3.8, 4) is 0 Å². The van der Waals surface area contributed by atoms with Gasteiger partial charge in [-0.25, -0.2) is 0 Å². The highest BCUT2D eigenvalue weighted by Gasteiger charge is 2.29. The van der Waals surface area contributed by atoms with Gasteiger partial charge in [-0.05, 0) is 37.5 Å². The van der Waals surface area contributed by atoms with Crippen molar-refractivity contribution < 1.29 is 9.21 Å². The number of amides is 1. The van der Waals surface area contributed by atoms with Gasteiger partial charge in [-0.15, -0.1) is 0 Å². The summed E-state index contributed by atoms with van der Waals surface area (Å²) in [6, 6.07) is 12.2. The highest BCUT2D eigenvalue weighted by Crippen LogP contribution is 2.30. The molecule has 0 saturated carbocycles. The molecular formula is C24H29N3O2. The molecule has 2 aromatic heterocycles. The maximum Gasteiger partial charge on any atom is 0.258 e. The zero-order chi connectivity index (χ0) is 20.2. The Bertz CT molecular complexity index is 959. The number of para-hydroxylation sites is 1.